The number of methoxy groups -OCH3 is 1. The number of rotatable bonds is 6. The average Bonchev–Trinajstić information content (AvgIpc) is 3.05. The molecule has 0 aromatic heterocycles. The number of anilines is 2. The molecule has 198 valence electrons. The Hall–Kier alpha value is -3.60. The number of hydrogen-bond donors (Lipinski definition) is 1. The molecule has 5 rings (SSSR count). The smallest absolute Gasteiger partial charge is 0.144 e. The lowest BCUT2D eigenvalue weighted by atomic mass is 9.72. The maximum atomic E-state index is 13.9. The van der Waals surface area contributed by atoms with Crippen molar-refractivity contribution in [3.8, 4) is 5.75 Å². The maximum Gasteiger partial charge on any atom is 0.144 e. The Morgan fingerprint density at radius 3 is 2.32 bits per heavy atom. The van der Waals surface area contributed by atoms with Crippen LogP contribution in [0.25, 0.3) is 0 Å². The van der Waals surface area contributed by atoms with Gasteiger partial charge in [-0.15, -0.1) is 0 Å². The van der Waals surface area contributed by atoms with E-state index in [2.05, 4.69) is 81.2 Å². The second kappa shape index (κ2) is 10.6. The molecule has 3 atom stereocenters. The molecule has 3 aromatic rings. The number of ketones is 1. The third-order valence-corrected chi connectivity index (χ3v) is 8.01. The predicted octanol–water partition coefficient (Wildman–Crippen LogP) is 7.63. The van der Waals surface area contributed by atoms with Crippen molar-refractivity contribution in [2.75, 3.05) is 17.3 Å². The molecule has 1 fully saturated rings. The van der Waals surface area contributed by atoms with E-state index in [1.54, 1.807) is 7.11 Å². The van der Waals surface area contributed by atoms with Crippen LogP contribution in [0.3, 0.4) is 0 Å². The van der Waals surface area contributed by atoms with Crippen LogP contribution < -0.4 is 15.0 Å². The average molecular weight is 510 g/mol. The van der Waals surface area contributed by atoms with Crippen LogP contribution in [-0.4, -0.2) is 30.7 Å². The number of hydrogen-bond acceptors (Lipinski definition) is 5. The third kappa shape index (κ3) is 4.94. The fraction of sp³-hybridized carbons (Fsp3) is 0.394. The number of aliphatic imine (C=N–C) groups is 1. The van der Waals surface area contributed by atoms with E-state index in [0.29, 0.717) is 18.5 Å². The topological polar surface area (TPSA) is 53.9 Å². The van der Waals surface area contributed by atoms with E-state index in [1.807, 2.05) is 30.3 Å². The molecule has 0 amide bonds. The number of nitrogens with zero attached hydrogens (tertiary/aromatic N) is 2. The minimum atomic E-state index is -0.298. The molecule has 0 bridgehead atoms. The van der Waals surface area contributed by atoms with Crippen molar-refractivity contribution in [1.29, 1.82) is 0 Å². The van der Waals surface area contributed by atoms with E-state index < -0.39 is 0 Å². The van der Waals surface area contributed by atoms with Gasteiger partial charge in [-0.3, -0.25) is 9.79 Å². The largest absolute Gasteiger partial charge is 0.497 e. The monoisotopic (exact) mass is 509 g/mol. The number of benzene rings is 3. The summed E-state index contributed by atoms with van der Waals surface area (Å²) in [6, 6.07) is 23.6. The summed E-state index contributed by atoms with van der Waals surface area (Å²) in [5, 5.41) is 3.74. The van der Waals surface area contributed by atoms with Gasteiger partial charge in [0, 0.05) is 29.9 Å². The van der Waals surface area contributed by atoms with Crippen LogP contribution in [-0.2, 0) is 4.79 Å². The first-order valence-electron chi connectivity index (χ1n) is 13.8. The number of carbonyl (C=O) groups excluding carboxylic acids is 1. The SMILES string of the molecule is COc1ccc(C2CC(=O)C3C(=Nc4ccccc4NC3c3ccc(N(C(C)C)C(C)C)cc3C)C2)cc1. The molecular weight excluding hydrogens is 470 g/mol. The van der Waals surface area contributed by atoms with Gasteiger partial charge in [-0.25, -0.2) is 0 Å². The van der Waals surface area contributed by atoms with Crippen molar-refractivity contribution < 1.29 is 9.53 Å². The van der Waals surface area contributed by atoms with Crippen LogP contribution in [0.1, 0.15) is 69.2 Å². The molecule has 1 heterocycles. The molecular formula is C33H39N3O2. The van der Waals surface area contributed by atoms with Crippen molar-refractivity contribution in [3.63, 3.8) is 0 Å². The van der Waals surface area contributed by atoms with E-state index in [9.17, 15) is 4.79 Å². The van der Waals surface area contributed by atoms with Gasteiger partial charge in [0.2, 0.25) is 0 Å². The Bertz CT molecular complexity index is 1330. The first-order chi connectivity index (χ1) is 18.3. The highest BCUT2D eigenvalue weighted by Gasteiger charge is 2.42. The van der Waals surface area contributed by atoms with Crippen molar-refractivity contribution >= 4 is 28.6 Å². The maximum absolute atomic E-state index is 13.9. The van der Waals surface area contributed by atoms with Crippen molar-refractivity contribution in [2.45, 2.75) is 71.5 Å². The Labute approximate surface area is 226 Å². The predicted molar refractivity (Wildman–Crippen MR) is 157 cm³/mol. The van der Waals surface area contributed by atoms with Crippen LogP contribution in [0.2, 0.25) is 0 Å². The zero-order valence-electron chi connectivity index (χ0n) is 23.4. The summed E-state index contributed by atoms with van der Waals surface area (Å²) in [7, 11) is 1.67. The highest BCUT2D eigenvalue weighted by Crippen LogP contribution is 2.45. The molecule has 1 N–H and O–H groups in total. The number of para-hydroxylation sites is 2. The second-order valence-corrected chi connectivity index (χ2v) is 11.2. The van der Waals surface area contributed by atoms with Crippen LogP contribution in [0, 0.1) is 12.8 Å². The summed E-state index contributed by atoms with van der Waals surface area (Å²) in [4.78, 5) is 21.5. The van der Waals surface area contributed by atoms with E-state index in [0.717, 1.165) is 40.4 Å². The lowest BCUT2D eigenvalue weighted by Crippen LogP contribution is -2.39. The van der Waals surface area contributed by atoms with Crippen LogP contribution >= 0.6 is 0 Å². The van der Waals surface area contributed by atoms with E-state index in [-0.39, 0.29) is 23.7 Å². The Morgan fingerprint density at radius 1 is 0.947 bits per heavy atom. The molecule has 2 aliphatic rings. The van der Waals surface area contributed by atoms with Crippen molar-refractivity contribution in [3.05, 3.63) is 83.4 Å². The summed E-state index contributed by atoms with van der Waals surface area (Å²) >= 11 is 0. The first-order valence-corrected chi connectivity index (χ1v) is 13.8. The van der Waals surface area contributed by atoms with Gasteiger partial charge in [0.05, 0.1) is 30.4 Å². The Balaban J connectivity index is 1.54. The lowest BCUT2D eigenvalue weighted by molar-refractivity contribution is -0.122. The van der Waals surface area contributed by atoms with Crippen LogP contribution in [0.4, 0.5) is 17.1 Å². The molecule has 5 heteroatoms. The molecule has 1 saturated carbocycles. The van der Waals surface area contributed by atoms with Gasteiger partial charge >= 0.3 is 0 Å². The normalized spacial score (nSPS) is 20.8. The number of carbonyl (C=O) groups is 1. The minimum Gasteiger partial charge on any atom is -0.497 e. The third-order valence-electron chi connectivity index (χ3n) is 8.01. The van der Waals surface area contributed by atoms with Gasteiger partial charge < -0.3 is 15.0 Å². The Morgan fingerprint density at radius 2 is 1.66 bits per heavy atom. The molecule has 3 unspecified atom stereocenters. The summed E-state index contributed by atoms with van der Waals surface area (Å²) in [6.45, 7) is 11.1. The quantitative estimate of drug-likeness (QED) is 0.371. The first kappa shape index (κ1) is 26.0. The molecule has 3 aromatic carbocycles. The molecule has 0 saturated heterocycles. The summed E-state index contributed by atoms with van der Waals surface area (Å²) in [5.74, 6) is 0.887. The van der Waals surface area contributed by atoms with E-state index >= 15 is 0 Å². The van der Waals surface area contributed by atoms with Gasteiger partial charge in [-0.2, -0.15) is 0 Å². The second-order valence-electron chi connectivity index (χ2n) is 11.2. The number of Topliss-reactive ketones (excluding diaryl/α,β-unsaturated/α-hetero) is 1. The fourth-order valence-corrected chi connectivity index (χ4v) is 6.33. The zero-order chi connectivity index (χ0) is 27.0. The minimum absolute atomic E-state index is 0.114. The summed E-state index contributed by atoms with van der Waals surface area (Å²) in [5.41, 5.74) is 7.57. The van der Waals surface area contributed by atoms with Gasteiger partial charge in [-0.1, -0.05) is 30.3 Å². The van der Waals surface area contributed by atoms with E-state index in [4.69, 9.17) is 9.73 Å². The Kier molecular flexibility index (Phi) is 7.29. The van der Waals surface area contributed by atoms with Gasteiger partial charge in [-0.05, 0) is 100 Å². The highest BCUT2D eigenvalue weighted by molar-refractivity contribution is 6.11. The van der Waals surface area contributed by atoms with E-state index in [1.165, 1.54) is 11.3 Å². The number of aryl methyl sites for hydroxylation is 1. The molecule has 5 nitrogen and oxygen atoms in total. The molecule has 0 spiro atoms. The van der Waals surface area contributed by atoms with Gasteiger partial charge in [0.25, 0.3) is 0 Å². The summed E-state index contributed by atoms with van der Waals surface area (Å²) < 4.78 is 5.34. The fourth-order valence-electron chi connectivity index (χ4n) is 6.33. The standard InChI is InChI=1S/C33H39N3O2/c1-20(2)36(21(3)4)25-13-16-27(22(5)17-25)33-32-30(34-28-9-7-8-10-29(28)35-33)18-24(19-31(32)37)23-11-14-26(38-6)15-12-23/h7-17,20-21,24,32-33,35H,18-19H2,1-6H3. The van der Waals surface area contributed by atoms with Crippen LogP contribution in [0.5, 0.6) is 5.75 Å². The number of fused-ring (bicyclic) bond motifs is 2. The van der Waals surface area contributed by atoms with Crippen molar-refractivity contribution in [1.82, 2.24) is 0 Å². The summed E-state index contributed by atoms with van der Waals surface area (Å²) in [6.07, 6.45) is 1.27. The highest BCUT2D eigenvalue weighted by atomic mass is 16.5. The zero-order valence-corrected chi connectivity index (χ0v) is 23.4. The molecule has 1 aliphatic carbocycles. The van der Waals surface area contributed by atoms with Gasteiger partial charge in [0.15, 0.2) is 0 Å². The lowest BCUT2D eigenvalue weighted by Gasteiger charge is -2.36. The number of ether oxygens (including phenoxy) is 1. The molecule has 38 heavy (non-hydrogen) atoms. The molecule has 1 aliphatic heterocycles. The molecule has 0 radical (unpaired) electrons. The van der Waals surface area contributed by atoms with Gasteiger partial charge in [0.1, 0.15) is 11.5 Å². The number of nitrogens with one attached hydrogen (secondary N) is 1. The van der Waals surface area contributed by atoms with Crippen molar-refractivity contribution in [2.24, 2.45) is 10.9 Å². The van der Waals surface area contributed by atoms with Crippen LogP contribution in [0.15, 0.2) is 71.7 Å².